The van der Waals surface area contributed by atoms with E-state index in [9.17, 15) is 4.79 Å². The summed E-state index contributed by atoms with van der Waals surface area (Å²) in [4.78, 5) is 13.2. The molecule has 2 aromatic rings. The third-order valence-corrected chi connectivity index (χ3v) is 7.57. The Balaban J connectivity index is 1.32. The van der Waals surface area contributed by atoms with Gasteiger partial charge >= 0.3 is 0 Å². The van der Waals surface area contributed by atoms with Gasteiger partial charge in [-0.1, -0.05) is 23.9 Å². The molecule has 6 rings (SSSR count). The van der Waals surface area contributed by atoms with Gasteiger partial charge in [-0.05, 0) is 91.3 Å². The number of nitrogens with zero attached hydrogens (tertiary/aromatic N) is 4. The number of thioether (sulfide) groups is 1. The van der Waals surface area contributed by atoms with Gasteiger partial charge in [0.15, 0.2) is 0 Å². The van der Waals surface area contributed by atoms with Crippen LogP contribution < -0.4 is 0 Å². The zero-order valence-corrected chi connectivity index (χ0v) is 15.9. The van der Waals surface area contributed by atoms with Gasteiger partial charge in [0.25, 0.3) is 0 Å². The molecule has 0 radical (unpaired) electrons. The van der Waals surface area contributed by atoms with Crippen molar-refractivity contribution in [1.29, 1.82) is 0 Å². The number of aryl methyl sites for hydroxylation is 1. The fourth-order valence-corrected chi connectivity index (χ4v) is 6.85. The molecule has 4 saturated carbocycles. The van der Waals surface area contributed by atoms with E-state index in [1.807, 2.05) is 12.1 Å². The van der Waals surface area contributed by atoms with Crippen LogP contribution in [0.3, 0.4) is 0 Å². The predicted octanol–water partition coefficient (Wildman–Crippen LogP) is 3.85. The molecule has 4 aliphatic rings. The first kappa shape index (κ1) is 16.5. The van der Waals surface area contributed by atoms with Gasteiger partial charge in [-0.15, -0.1) is 5.10 Å². The number of hydrogen-bond donors (Lipinski definition) is 0. The maximum absolute atomic E-state index is 13.2. The minimum absolute atomic E-state index is 0.0383. The maximum Gasteiger partial charge on any atom is 0.214 e. The molecule has 0 aliphatic heterocycles. The van der Waals surface area contributed by atoms with Gasteiger partial charge in [0.1, 0.15) is 5.78 Å². The Morgan fingerprint density at radius 2 is 1.88 bits per heavy atom. The van der Waals surface area contributed by atoms with Gasteiger partial charge in [0.05, 0.1) is 11.4 Å². The highest BCUT2D eigenvalue weighted by molar-refractivity contribution is 7.99. The Hall–Kier alpha value is -1.69. The summed E-state index contributed by atoms with van der Waals surface area (Å²) in [7, 11) is 0. The topological polar surface area (TPSA) is 60.7 Å². The number of tetrazole rings is 1. The van der Waals surface area contributed by atoms with Crippen molar-refractivity contribution >= 4 is 17.5 Å². The number of hydrogen-bond acceptors (Lipinski definition) is 5. The first-order chi connectivity index (χ1) is 12.6. The van der Waals surface area contributed by atoms with Gasteiger partial charge in [-0.3, -0.25) is 4.79 Å². The van der Waals surface area contributed by atoms with Gasteiger partial charge in [-0.2, -0.15) is 4.68 Å². The van der Waals surface area contributed by atoms with Crippen LogP contribution in [0.15, 0.2) is 29.4 Å². The summed E-state index contributed by atoms with van der Waals surface area (Å²) in [6, 6.07) is 8.11. The molecule has 6 heteroatoms. The fourth-order valence-electron chi connectivity index (χ4n) is 5.93. The number of rotatable bonds is 5. The molecule has 0 unspecified atom stereocenters. The van der Waals surface area contributed by atoms with Gasteiger partial charge < -0.3 is 0 Å². The van der Waals surface area contributed by atoms with Crippen molar-refractivity contribution in [3.8, 4) is 5.69 Å². The van der Waals surface area contributed by atoms with Crippen molar-refractivity contribution in [2.75, 3.05) is 5.75 Å². The lowest BCUT2D eigenvalue weighted by atomic mass is 9.48. The highest BCUT2D eigenvalue weighted by Gasteiger charge is 2.54. The Labute approximate surface area is 157 Å². The zero-order valence-electron chi connectivity index (χ0n) is 15.1. The zero-order chi connectivity index (χ0) is 17.7. The predicted molar refractivity (Wildman–Crippen MR) is 100 cm³/mol. The highest BCUT2D eigenvalue weighted by atomic mass is 32.2. The van der Waals surface area contributed by atoms with Crippen molar-refractivity contribution < 1.29 is 4.79 Å². The quantitative estimate of drug-likeness (QED) is 0.750. The minimum atomic E-state index is -0.0383. The Morgan fingerprint density at radius 1 is 1.19 bits per heavy atom. The molecule has 1 heterocycles. The molecule has 0 spiro atoms. The molecule has 0 atom stereocenters. The molecule has 136 valence electrons. The van der Waals surface area contributed by atoms with E-state index in [0.29, 0.717) is 16.7 Å². The summed E-state index contributed by atoms with van der Waals surface area (Å²) in [6.07, 6.45) is 7.48. The second-order valence-corrected chi connectivity index (χ2v) is 9.56. The Kier molecular flexibility index (Phi) is 3.92. The summed E-state index contributed by atoms with van der Waals surface area (Å²) >= 11 is 1.49. The SMILES string of the molecule is Cc1cccc(-n2nnnc2SCC(=O)C23CC4CC(CC(C4)C2)C3)c1. The monoisotopic (exact) mass is 368 g/mol. The molecule has 1 aromatic heterocycles. The summed E-state index contributed by atoms with van der Waals surface area (Å²) in [5.74, 6) is 3.31. The molecule has 4 bridgehead atoms. The van der Waals surface area contributed by atoms with Crippen LogP contribution in [0.2, 0.25) is 0 Å². The molecular formula is C20H24N4OS. The highest BCUT2D eigenvalue weighted by Crippen LogP contribution is 2.60. The second-order valence-electron chi connectivity index (χ2n) is 8.62. The minimum Gasteiger partial charge on any atom is -0.298 e. The molecule has 26 heavy (non-hydrogen) atoms. The van der Waals surface area contributed by atoms with Crippen LogP contribution in [0.25, 0.3) is 5.69 Å². The van der Waals surface area contributed by atoms with E-state index in [1.54, 1.807) is 4.68 Å². The van der Waals surface area contributed by atoms with Crippen LogP contribution in [-0.2, 0) is 4.79 Å². The summed E-state index contributed by atoms with van der Waals surface area (Å²) in [5, 5.41) is 12.8. The van der Waals surface area contributed by atoms with E-state index in [0.717, 1.165) is 42.7 Å². The Morgan fingerprint density at radius 3 is 2.54 bits per heavy atom. The number of carbonyl (C=O) groups excluding carboxylic acids is 1. The average Bonchev–Trinajstić information content (AvgIpc) is 3.07. The maximum atomic E-state index is 13.2. The molecule has 0 saturated heterocycles. The lowest BCUT2D eigenvalue weighted by Crippen LogP contribution is -2.50. The van der Waals surface area contributed by atoms with E-state index in [1.165, 1.54) is 36.6 Å². The van der Waals surface area contributed by atoms with E-state index >= 15 is 0 Å². The molecule has 1 aromatic carbocycles. The second kappa shape index (κ2) is 6.19. The van der Waals surface area contributed by atoms with E-state index < -0.39 is 0 Å². The van der Waals surface area contributed by atoms with Crippen molar-refractivity contribution in [2.24, 2.45) is 23.2 Å². The molecule has 4 fully saturated rings. The van der Waals surface area contributed by atoms with Gasteiger partial charge in [0, 0.05) is 5.41 Å². The largest absolute Gasteiger partial charge is 0.298 e. The van der Waals surface area contributed by atoms with Crippen LogP contribution in [0.1, 0.15) is 44.1 Å². The summed E-state index contributed by atoms with van der Waals surface area (Å²) in [5.41, 5.74) is 2.07. The van der Waals surface area contributed by atoms with Crippen LogP contribution in [-0.4, -0.2) is 31.7 Å². The van der Waals surface area contributed by atoms with E-state index in [4.69, 9.17) is 0 Å². The standard InChI is InChI=1S/C20H24N4OS/c1-13-3-2-4-17(5-13)24-19(21-22-23-24)26-12-18(25)20-9-14-6-15(10-20)8-16(7-14)11-20/h2-5,14-16H,6-12H2,1H3. The van der Waals surface area contributed by atoms with E-state index in [-0.39, 0.29) is 5.41 Å². The van der Waals surface area contributed by atoms with Crippen LogP contribution >= 0.6 is 11.8 Å². The smallest absolute Gasteiger partial charge is 0.214 e. The van der Waals surface area contributed by atoms with Gasteiger partial charge in [0.2, 0.25) is 5.16 Å². The van der Waals surface area contributed by atoms with Gasteiger partial charge in [-0.25, -0.2) is 0 Å². The number of aromatic nitrogens is 4. The van der Waals surface area contributed by atoms with Crippen LogP contribution in [0, 0.1) is 30.1 Å². The van der Waals surface area contributed by atoms with Crippen molar-refractivity contribution in [1.82, 2.24) is 20.2 Å². The molecule has 4 aliphatic carbocycles. The first-order valence-electron chi connectivity index (χ1n) is 9.63. The first-order valence-corrected chi connectivity index (χ1v) is 10.6. The van der Waals surface area contributed by atoms with E-state index in [2.05, 4.69) is 34.6 Å². The number of benzene rings is 1. The number of carbonyl (C=O) groups is 1. The molecule has 0 N–H and O–H groups in total. The lowest BCUT2D eigenvalue weighted by Gasteiger charge is -2.56. The van der Waals surface area contributed by atoms with Crippen LogP contribution in [0.5, 0.6) is 0 Å². The molecular weight excluding hydrogens is 344 g/mol. The number of ketones is 1. The normalized spacial score (nSPS) is 32.1. The lowest BCUT2D eigenvalue weighted by molar-refractivity contribution is -0.141. The van der Waals surface area contributed by atoms with Crippen molar-refractivity contribution in [3.63, 3.8) is 0 Å². The Bertz CT molecular complexity index is 811. The van der Waals surface area contributed by atoms with Crippen molar-refractivity contribution in [2.45, 2.75) is 50.6 Å². The third-order valence-electron chi connectivity index (χ3n) is 6.65. The molecule has 0 amide bonds. The molecule has 5 nitrogen and oxygen atoms in total. The average molecular weight is 369 g/mol. The van der Waals surface area contributed by atoms with Crippen molar-refractivity contribution in [3.05, 3.63) is 29.8 Å². The summed E-state index contributed by atoms with van der Waals surface area (Å²) < 4.78 is 1.74. The third kappa shape index (κ3) is 2.79. The summed E-state index contributed by atoms with van der Waals surface area (Å²) in [6.45, 7) is 2.05. The fraction of sp³-hybridized carbons (Fsp3) is 0.600. The van der Waals surface area contributed by atoms with Crippen LogP contribution in [0.4, 0.5) is 0 Å². The number of Topliss-reactive ketones (excluding diaryl/α,β-unsaturated/α-hetero) is 1.